The molecule has 4 aliphatic rings. The quantitative estimate of drug-likeness (QED) is 0.453. The van der Waals surface area contributed by atoms with Gasteiger partial charge in [-0.3, -0.25) is 0 Å². The van der Waals surface area contributed by atoms with E-state index in [1.165, 1.54) is 0 Å². The third kappa shape index (κ3) is 2.70. The Morgan fingerprint density at radius 1 is 1.21 bits per heavy atom. The van der Waals surface area contributed by atoms with Crippen LogP contribution in [0.5, 0.6) is 11.5 Å². The highest BCUT2D eigenvalue weighted by Crippen LogP contribution is 2.51. The molecule has 1 saturated heterocycles. The molecule has 156 valence electrons. The molecule has 1 spiro atoms. The summed E-state index contributed by atoms with van der Waals surface area (Å²) in [6.45, 7) is 12.2. The van der Waals surface area contributed by atoms with Crippen LogP contribution in [0.2, 0.25) is 18.1 Å². The van der Waals surface area contributed by atoms with Gasteiger partial charge in [0, 0.05) is 12.6 Å². The molecule has 1 aliphatic carbocycles. The first-order valence-electron chi connectivity index (χ1n) is 10.4. The average Bonchev–Trinajstić information content (AvgIpc) is 3.24. The predicted molar refractivity (Wildman–Crippen MR) is 111 cm³/mol. The van der Waals surface area contributed by atoms with E-state index < -0.39 is 13.7 Å². The number of rotatable bonds is 2. The van der Waals surface area contributed by atoms with Gasteiger partial charge in [-0.1, -0.05) is 32.9 Å². The summed E-state index contributed by atoms with van der Waals surface area (Å²) in [6.07, 6.45) is 5.10. The van der Waals surface area contributed by atoms with Crippen molar-refractivity contribution in [3.05, 3.63) is 35.4 Å². The molecule has 1 aromatic carbocycles. The van der Waals surface area contributed by atoms with Crippen molar-refractivity contribution in [2.75, 3.05) is 13.3 Å². The largest absolute Gasteiger partial charge is 0.456 e. The van der Waals surface area contributed by atoms with Crippen LogP contribution in [0, 0.1) is 0 Å². The van der Waals surface area contributed by atoms with E-state index in [4.69, 9.17) is 18.6 Å². The van der Waals surface area contributed by atoms with Gasteiger partial charge in [0.05, 0.1) is 17.1 Å². The van der Waals surface area contributed by atoms with Crippen molar-refractivity contribution in [2.24, 2.45) is 0 Å². The minimum absolute atomic E-state index is 0.0628. The van der Waals surface area contributed by atoms with Crippen LogP contribution in [0.3, 0.4) is 0 Å². The smallest absolute Gasteiger partial charge is 0.338 e. The second-order valence-corrected chi connectivity index (χ2v) is 14.8. The maximum atomic E-state index is 12.7. The van der Waals surface area contributed by atoms with Crippen molar-refractivity contribution in [1.82, 2.24) is 5.32 Å². The van der Waals surface area contributed by atoms with Crippen LogP contribution >= 0.6 is 0 Å². The Morgan fingerprint density at radius 2 is 1.93 bits per heavy atom. The lowest BCUT2D eigenvalue weighted by molar-refractivity contribution is 0.0132. The Hall–Kier alpha value is -1.83. The van der Waals surface area contributed by atoms with E-state index in [-0.39, 0.29) is 36.1 Å². The van der Waals surface area contributed by atoms with E-state index in [9.17, 15) is 4.79 Å². The fourth-order valence-electron chi connectivity index (χ4n) is 4.79. The first-order valence-corrected chi connectivity index (χ1v) is 13.3. The van der Waals surface area contributed by atoms with Gasteiger partial charge in [0.1, 0.15) is 6.10 Å². The van der Waals surface area contributed by atoms with Crippen LogP contribution in [0.4, 0.5) is 0 Å². The number of benzene rings is 1. The standard InChI is InChI=1S/C22H29NO5Si/c1-21(2,3)29(4,5)28-13-6-7-22-15-10-17-16(25-12-26-17)9-14(15)20(24)27-19(22)11-23-18(22)8-13/h6-7,9-10,13,18-19,23H,8,11-12H2,1-5H3/t13-,18-,19+,22?/m0/s1. The normalized spacial score (nSPS) is 32.4. The number of hydrogen-bond acceptors (Lipinski definition) is 6. The van der Waals surface area contributed by atoms with Crippen LogP contribution in [-0.4, -0.2) is 45.9 Å². The number of carbonyl (C=O) groups excluding carboxylic acids is 1. The Bertz CT molecular complexity index is 905. The van der Waals surface area contributed by atoms with E-state index in [0.717, 1.165) is 12.0 Å². The SMILES string of the molecule is CC(C)(C)[Si](C)(C)O[C@H]1C=CC23c4cc5c(cc4C(=O)O[C@@H]2CN[C@H]3C1)OCO5. The lowest BCUT2D eigenvalue weighted by Crippen LogP contribution is -2.54. The second-order valence-electron chi connectivity index (χ2n) is 10.1. The van der Waals surface area contributed by atoms with Crippen LogP contribution in [0.1, 0.15) is 43.1 Å². The number of nitrogens with one attached hydrogen (secondary N) is 1. The number of hydrogen-bond donors (Lipinski definition) is 1. The summed E-state index contributed by atoms with van der Waals surface area (Å²) in [5, 5.41) is 3.77. The van der Waals surface area contributed by atoms with Gasteiger partial charge in [-0.25, -0.2) is 4.79 Å². The summed E-state index contributed by atoms with van der Waals surface area (Å²) in [5.41, 5.74) is 1.16. The molecule has 6 nitrogen and oxygen atoms in total. The van der Waals surface area contributed by atoms with Crippen LogP contribution < -0.4 is 14.8 Å². The Balaban J connectivity index is 1.54. The molecule has 29 heavy (non-hydrogen) atoms. The maximum absolute atomic E-state index is 12.7. The van der Waals surface area contributed by atoms with Crippen molar-refractivity contribution in [2.45, 2.75) is 69.0 Å². The fraction of sp³-hybridized carbons (Fsp3) is 0.591. The van der Waals surface area contributed by atoms with Gasteiger partial charge in [0.25, 0.3) is 0 Å². The van der Waals surface area contributed by atoms with Crippen molar-refractivity contribution >= 4 is 14.3 Å². The van der Waals surface area contributed by atoms with Crippen LogP contribution in [0.25, 0.3) is 0 Å². The zero-order chi connectivity index (χ0) is 20.6. The van der Waals surface area contributed by atoms with Gasteiger partial charge < -0.3 is 24.0 Å². The number of fused-ring (bicyclic) bond motifs is 2. The molecule has 3 heterocycles. The van der Waals surface area contributed by atoms with Gasteiger partial charge in [-0.15, -0.1) is 0 Å². The predicted octanol–water partition coefficient (Wildman–Crippen LogP) is 3.51. The van der Waals surface area contributed by atoms with E-state index in [0.29, 0.717) is 23.6 Å². The molecule has 0 amide bonds. The molecule has 1 aromatic rings. The molecule has 0 bridgehead atoms. The summed E-state index contributed by atoms with van der Waals surface area (Å²) >= 11 is 0. The lowest BCUT2D eigenvalue weighted by Gasteiger charge is -2.46. The van der Waals surface area contributed by atoms with Crippen molar-refractivity contribution in [1.29, 1.82) is 0 Å². The molecule has 4 atom stereocenters. The van der Waals surface area contributed by atoms with Crippen molar-refractivity contribution in [3.8, 4) is 11.5 Å². The maximum Gasteiger partial charge on any atom is 0.338 e. The summed E-state index contributed by atoms with van der Waals surface area (Å²) in [6, 6.07) is 3.89. The zero-order valence-electron chi connectivity index (χ0n) is 17.7. The van der Waals surface area contributed by atoms with E-state index >= 15 is 0 Å². The van der Waals surface area contributed by atoms with Crippen LogP contribution in [-0.2, 0) is 14.6 Å². The lowest BCUT2D eigenvalue weighted by atomic mass is 9.65. The number of ether oxygens (including phenoxy) is 3. The summed E-state index contributed by atoms with van der Waals surface area (Å²) < 4.78 is 23.6. The highest BCUT2D eigenvalue weighted by atomic mass is 28.4. The average molecular weight is 416 g/mol. The minimum atomic E-state index is -1.88. The van der Waals surface area contributed by atoms with Gasteiger partial charge in [-0.05, 0) is 42.2 Å². The molecule has 1 unspecified atom stereocenters. The summed E-state index contributed by atoms with van der Waals surface area (Å²) in [7, 11) is -1.88. The molecular formula is C22H29NO5Si. The summed E-state index contributed by atoms with van der Waals surface area (Å²) in [4.78, 5) is 12.7. The molecular weight excluding hydrogens is 386 g/mol. The minimum Gasteiger partial charge on any atom is -0.456 e. The van der Waals surface area contributed by atoms with Crippen molar-refractivity contribution in [3.63, 3.8) is 0 Å². The Morgan fingerprint density at radius 3 is 2.66 bits per heavy atom. The highest BCUT2D eigenvalue weighted by molar-refractivity contribution is 6.74. The molecule has 3 aliphatic heterocycles. The van der Waals surface area contributed by atoms with E-state index in [1.54, 1.807) is 6.07 Å². The first-order chi connectivity index (χ1) is 13.6. The zero-order valence-corrected chi connectivity index (χ0v) is 18.7. The molecule has 1 N–H and O–H groups in total. The second kappa shape index (κ2) is 6.09. The molecule has 0 saturated carbocycles. The Labute approximate surface area is 172 Å². The summed E-state index contributed by atoms with van der Waals surface area (Å²) in [5.74, 6) is 1.02. The van der Waals surface area contributed by atoms with Gasteiger partial charge in [0.2, 0.25) is 6.79 Å². The van der Waals surface area contributed by atoms with E-state index in [2.05, 4.69) is 51.3 Å². The third-order valence-corrected chi connectivity index (χ3v) is 11.9. The highest BCUT2D eigenvalue weighted by Gasteiger charge is 2.58. The van der Waals surface area contributed by atoms with Crippen molar-refractivity contribution < 1.29 is 23.4 Å². The number of carbonyl (C=O) groups is 1. The molecule has 1 fully saturated rings. The van der Waals surface area contributed by atoms with Gasteiger partial charge in [-0.2, -0.15) is 0 Å². The molecule has 7 heteroatoms. The van der Waals surface area contributed by atoms with E-state index in [1.807, 2.05) is 6.07 Å². The monoisotopic (exact) mass is 415 g/mol. The number of esters is 1. The molecule has 5 rings (SSSR count). The first kappa shape index (κ1) is 19.1. The third-order valence-electron chi connectivity index (χ3n) is 7.41. The molecule has 0 radical (unpaired) electrons. The topological polar surface area (TPSA) is 66.0 Å². The molecule has 0 aromatic heterocycles. The fourth-order valence-corrected chi connectivity index (χ4v) is 6.07. The van der Waals surface area contributed by atoms with Crippen LogP contribution in [0.15, 0.2) is 24.3 Å². The van der Waals surface area contributed by atoms with Gasteiger partial charge >= 0.3 is 5.97 Å². The Kier molecular flexibility index (Phi) is 4.02. The van der Waals surface area contributed by atoms with Gasteiger partial charge in [0.15, 0.2) is 19.8 Å².